The normalized spacial score (nSPS) is 10.7. The zero-order valence-electron chi connectivity index (χ0n) is 14.2. The minimum Gasteiger partial charge on any atom is -0.466 e. The van der Waals surface area contributed by atoms with E-state index in [1.54, 1.807) is 19.1 Å². The topological polar surface area (TPSA) is 121 Å². The number of nitrogens with zero attached hydrogens (tertiary/aromatic N) is 4. The van der Waals surface area contributed by atoms with Gasteiger partial charge in [-0.3, -0.25) is 14.9 Å². The van der Waals surface area contributed by atoms with Crippen molar-refractivity contribution in [1.82, 2.24) is 15.1 Å². The molecular weight excluding hydrogens is 392 g/mol. The summed E-state index contributed by atoms with van der Waals surface area (Å²) in [5.41, 5.74) is 1.30. The van der Waals surface area contributed by atoms with E-state index in [2.05, 4.69) is 15.1 Å². The molecule has 0 atom stereocenters. The molecule has 0 spiro atoms. The zero-order chi connectivity index (χ0) is 19.2. The van der Waals surface area contributed by atoms with Crippen LogP contribution in [0.4, 0.5) is 5.69 Å². The van der Waals surface area contributed by atoms with Gasteiger partial charge in [-0.15, -0.1) is 11.3 Å². The Labute approximate surface area is 161 Å². The van der Waals surface area contributed by atoms with Crippen LogP contribution in [0.3, 0.4) is 0 Å². The molecule has 0 aliphatic heterocycles. The number of thioether (sulfide) groups is 1. The molecule has 0 bridgehead atoms. The first kappa shape index (κ1) is 19.0. The Morgan fingerprint density at radius 3 is 2.81 bits per heavy atom. The lowest BCUT2D eigenvalue weighted by molar-refractivity contribution is -0.384. The molecule has 3 rings (SSSR count). The van der Waals surface area contributed by atoms with Gasteiger partial charge in [0.15, 0.2) is 4.34 Å². The highest BCUT2D eigenvalue weighted by Gasteiger charge is 2.13. The van der Waals surface area contributed by atoms with Gasteiger partial charge in [0, 0.05) is 23.1 Å². The Balaban J connectivity index is 1.57. The highest BCUT2D eigenvalue weighted by atomic mass is 32.2. The summed E-state index contributed by atoms with van der Waals surface area (Å²) in [5.74, 6) is 0.897. The maximum atomic E-state index is 11.5. The second-order valence-corrected chi connectivity index (χ2v) is 7.27. The molecule has 140 valence electrons. The van der Waals surface area contributed by atoms with E-state index < -0.39 is 4.92 Å². The smallest absolute Gasteiger partial charge is 0.311 e. The van der Waals surface area contributed by atoms with Crippen molar-refractivity contribution in [3.05, 3.63) is 51.3 Å². The lowest BCUT2D eigenvalue weighted by Gasteiger charge is -1.97. The van der Waals surface area contributed by atoms with Crippen LogP contribution in [0.1, 0.15) is 18.5 Å². The third-order valence-electron chi connectivity index (χ3n) is 3.28. The van der Waals surface area contributed by atoms with Crippen LogP contribution in [0.25, 0.3) is 11.4 Å². The summed E-state index contributed by atoms with van der Waals surface area (Å²) < 4.78 is 10.9. The number of hydrogen-bond donors (Lipinski definition) is 0. The molecule has 9 nitrogen and oxygen atoms in total. The van der Waals surface area contributed by atoms with Crippen molar-refractivity contribution in [3.63, 3.8) is 0 Å². The van der Waals surface area contributed by atoms with Crippen LogP contribution >= 0.6 is 23.1 Å². The van der Waals surface area contributed by atoms with Gasteiger partial charge in [0.05, 0.1) is 29.4 Å². The van der Waals surface area contributed by atoms with Crippen LogP contribution < -0.4 is 0 Å². The molecule has 0 aliphatic rings. The second-order valence-electron chi connectivity index (χ2n) is 5.19. The number of rotatable bonds is 8. The highest BCUT2D eigenvalue weighted by Crippen LogP contribution is 2.27. The van der Waals surface area contributed by atoms with Crippen LogP contribution in [0.15, 0.2) is 38.5 Å². The van der Waals surface area contributed by atoms with Crippen LogP contribution in [-0.2, 0) is 21.7 Å². The molecule has 0 amide bonds. The Bertz CT molecular complexity index is 938. The summed E-state index contributed by atoms with van der Waals surface area (Å²) in [4.78, 5) is 30.3. The molecule has 2 heterocycles. The molecule has 0 radical (unpaired) electrons. The van der Waals surface area contributed by atoms with Gasteiger partial charge in [0.1, 0.15) is 0 Å². The van der Waals surface area contributed by atoms with Crippen LogP contribution in [0, 0.1) is 10.1 Å². The number of thiazole rings is 1. The molecule has 0 saturated heterocycles. The average Bonchev–Trinajstić information content (AvgIpc) is 3.29. The fraction of sp³-hybridized carbons (Fsp3) is 0.250. The fourth-order valence-corrected chi connectivity index (χ4v) is 3.76. The number of carbonyl (C=O) groups excluding carboxylic acids is 1. The largest absolute Gasteiger partial charge is 0.466 e. The van der Waals surface area contributed by atoms with E-state index >= 15 is 0 Å². The van der Waals surface area contributed by atoms with Gasteiger partial charge in [0.25, 0.3) is 5.69 Å². The maximum Gasteiger partial charge on any atom is 0.311 e. The predicted octanol–water partition coefficient (Wildman–Crippen LogP) is 3.50. The monoisotopic (exact) mass is 406 g/mol. The van der Waals surface area contributed by atoms with Gasteiger partial charge in [-0.05, 0) is 19.1 Å². The summed E-state index contributed by atoms with van der Waals surface area (Å²) >= 11 is 2.85. The van der Waals surface area contributed by atoms with E-state index in [-0.39, 0.29) is 18.1 Å². The number of esters is 1. The molecule has 2 aromatic heterocycles. The minimum absolute atomic E-state index is 0.000385. The number of ether oxygens (including phenoxy) is 1. The lowest BCUT2D eigenvalue weighted by Crippen LogP contribution is -2.07. The molecule has 0 fully saturated rings. The van der Waals surface area contributed by atoms with E-state index in [1.165, 1.54) is 35.2 Å². The van der Waals surface area contributed by atoms with Gasteiger partial charge >= 0.3 is 5.97 Å². The summed E-state index contributed by atoms with van der Waals surface area (Å²) in [7, 11) is 0. The molecule has 11 heteroatoms. The third-order valence-corrected chi connectivity index (χ3v) is 5.34. The maximum absolute atomic E-state index is 11.5. The van der Waals surface area contributed by atoms with Crippen molar-refractivity contribution < 1.29 is 19.0 Å². The van der Waals surface area contributed by atoms with Gasteiger partial charge in [-0.2, -0.15) is 4.98 Å². The number of benzene rings is 1. The molecule has 3 aromatic rings. The quantitative estimate of drug-likeness (QED) is 0.239. The number of aromatic nitrogens is 3. The van der Waals surface area contributed by atoms with Crippen LogP contribution in [0.5, 0.6) is 0 Å². The highest BCUT2D eigenvalue weighted by molar-refractivity contribution is 8.00. The first-order valence-electron chi connectivity index (χ1n) is 7.85. The minimum atomic E-state index is -0.466. The van der Waals surface area contributed by atoms with E-state index in [4.69, 9.17) is 9.26 Å². The Hall–Kier alpha value is -2.79. The van der Waals surface area contributed by atoms with Crippen LogP contribution in [0.2, 0.25) is 0 Å². The van der Waals surface area contributed by atoms with E-state index in [1.807, 2.05) is 5.38 Å². The molecule has 0 saturated carbocycles. The van der Waals surface area contributed by atoms with Crippen molar-refractivity contribution in [3.8, 4) is 11.4 Å². The Morgan fingerprint density at radius 1 is 1.33 bits per heavy atom. The lowest BCUT2D eigenvalue weighted by atomic mass is 10.2. The first-order chi connectivity index (χ1) is 13.0. The summed E-state index contributed by atoms with van der Waals surface area (Å²) in [6.45, 7) is 2.11. The number of nitro groups is 1. The third kappa shape index (κ3) is 5.11. The van der Waals surface area contributed by atoms with Gasteiger partial charge in [-0.25, -0.2) is 4.98 Å². The zero-order valence-corrected chi connectivity index (χ0v) is 15.8. The van der Waals surface area contributed by atoms with E-state index in [0.29, 0.717) is 35.3 Å². The molecule has 27 heavy (non-hydrogen) atoms. The second kappa shape index (κ2) is 8.73. The molecule has 0 aliphatic carbocycles. The summed E-state index contributed by atoms with van der Waals surface area (Å²) in [6.07, 6.45) is 0.149. The number of nitro benzene ring substituents is 1. The van der Waals surface area contributed by atoms with Crippen molar-refractivity contribution in [2.75, 3.05) is 6.61 Å². The number of hydrogen-bond acceptors (Lipinski definition) is 10. The molecular formula is C16H14N4O5S2. The SMILES string of the molecule is CCOC(=O)Cc1csc(SCc2nc(-c3ccc([N+](=O)[O-])cc3)no2)n1. The standard InChI is InChI=1S/C16H14N4O5S2/c1-2-24-14(21)7-11-8-26-16(17-11)27-9-13-18-15(19-25-13)10-3-5-12(6-4-10)20(22)23/h3-6,8H,2,7,9H2,1H3. The number of carbonyl (C=O) groups is 1. The van der Waals surface area contributed by atoms with Crippen molar-refractivity contribution in [2.45, 2.75) is 23.4 Å². The average molecular weight is 406 g/mol. The summed E-state index contributed by atoms with van der Waals surface area (Å²) in [6, 6.07) is 5.92. The van der Waals surface area contributed by atoms with Crippen LogP contribution in [-0.4, -0.2) is 32.6 Å². The van der Waals surface area contributed by atoms with Crippen molar-refractivity contribution in [2.24, 2.45) is 0 Å². The predicted molar refractivity (Wildman–Crippen MR) is 98.4 cm³/mol. The Kier molecular flexibility index (Phi) is 6.14. The van der Waals surface area contributed by atoms with Gasteiger partial charge < -0.3 is 9.26 Å². The Morgan fingerprint density at radius 2 is 2.11 bits per heavy atom. The van der Waals surface area contributed by atoms with E-state index in [0.717, 1.165) is 4.34 Å². The first-order valence-corrected chi connectivity index (χ1v) is 9.72. The molecule has 0 N–H and O–H groups in total. The molecule has 0 unspecified atom stereocenters. The van der Waals surface area contributed by atoms with Crippen molar-refractivity contribution in [1.29, 1.82) is 0 Å². The van der Waals surface area contributed by atoms with Crippen molar-refractivity contribution >= 4 is 34.8 Å². The van der Waals surface area contributed by atoms with Gasteiger partial charge in [0.2, 0.25) is 11.7 Å². The summed E-state index contributed by atoms with van der Waals surface area (Å²) in [5, 5.41) is 16.4. The molecule has 1 aromatic carbocycles. The number of non-ortho nitro benzene ring substituents is 1. The van der Waals surface area contributed by atoms with Gasteiger partial charge in [-0.1, -0.05) is 16.9 Å². The van der Waals surface area contributed by atoms with E-state index in [9.17, 15) is 14.9 Å². The fourth-order valence-electron chi connectivity index (χ4n) is 2.08.